The number of ether oxygens (including phenoxy) is 2. The van der Waals surface area contributed by atoms with Gasteiger partial charge in [-0.25, -0.2) is 0 Å². The lowest BCUT2D eigenvalue weighted by Gasteiger charge is -2.12. The molecule has 8 heteroatoms. The normalized spacial score (nSPS) is 10.7. The molecule has 6 nitrogen and oxygen atoms in total. The van der Waals surface area contributed by atoms with Crippen LogP contribution in [0.2, 0.25) is 0 Å². The topological polar surface area (TPSA) is 76.7 Å². The molecule has 3 aromatic rings. The van der Waals surface area contributed by atoms with Crippen molar-refractivity contribution in [3.8, 4) is 11.5 Å². The van der Waals surface area contributed by atoms with E-state index in [1.807, 2.05) is 42.5 Å². The molecule has 0 heterocycles. The molecule has 0 fully saturated rings. The Balaban J connectivity index is 1.57. The van der Waals surface area contributed by atoms with E-state index in [-0.39, 0.29) is 36.1 Å². The second-order valence-corrected chi connectivity index (χ2v) is 6.38. The van der Waals surface area contributed by atoms with Gasteiger partial charge in [0.15, 0.2) is 11.5 Å². The number of benzene rings is 3. The molecule has 0 aromatic heterocycles. The van der Waals surface area contributed by atoms with Crippen LogP contribution in [0.15, 0.2) is 60.7 Å². The van der Waals surface area contributed by atoms with Gasteiger partial charge in [0.25, 0.3) is 0 Å². The highest BCUT2D eigenvalue weighted by molar-refractivity contribution is 5.96. The van der Waals surface area contributed by atoms with Crippen molar-refractivity contribution in [3.63, 3.8) is 0 Å². The number of fused-ring (bicyclic) bond motifs is 1. The monoisotopic (exact) mass is 414 g/mol. The summed E-state index contributed by atoms with van der Waals surface area (Å²) in [6.07, 6.45) is 0.129. The van der Waals surface area contributed by atoms with Crippen LogP contribution in [0.5, 0.6) is 11.5 Å². The number of rotatable bonds is 8. The SMILES string of the molecule is COc1ccc(NC(=O)CNC(=O)Cc2cccc3ccccc23)cc1OC(F)F. The highest BCUT2D eigenvalue weighted by Crippen LogP contribution is 2.31. The molecule has 3 aromatic carbocycles. The molecular weight excluding hydrogens is 394 g/mol. The zero-order valence-electron chi connectivity index (χ0n) is 16.2. The second kappa shape index (κ2) is 9.69. The fourth-order valence-electron chi connectivity index (χ4n) is 3.01. The van der Waals surface area contributed by atoms with Crippen LogP contribution in [0.4, 0.5) is 14.5 Å². The number of nitrogens with one attached hydrogen (secondary N) is 2. The Labute approximate surface area is 171 Å². The molecule has 30 heavy (non-hydrogen) atoms. The predicted molar refractivity (Wildman–Crippen MR) is 109 cm³/mol. The van der Waals surface area contributed by atoms with Crippen LogP contribution in [0.3, 0.4) is 0 Å². The molecule has 2 amide bonds. The summed E-state index contributed by atoms with van der Waals surface area (Å²) in [6, 6.07) is 17.5. The number of anilines is 1. The van der Waals surface area contributed by atoms with E-state index >= 15 is 0 Å². The molecule has 0 radical (unpaired) electrons. The Bertz CT molecular complexity index is 1050. The van der Waals surface area contributed by atoms with Crippen molar-refractivity contribution in [2.24, 2.45) is 0 Å². The maximum atomic E-state index is 12.5. The molecule has 0 aliphatic rings. The highest BCUT2D eigenvalue weighted by atomic mass is 19.3. The van der Waals surface area contributed by atoms with Crippen LogP contribution in [0.1, 0.15) is 5.56 Å². The molecule has 0 bridgehead atoms. The van der Waals surface area contributed by atoms with E-state index in [0.29, 0.717) is 0 Å². The smallest absolute Gasteiger partial charge is 0.387 e. The largest absolute Gasteiger partial charge is 0.493 e. The molecule has 0 aliphatic carbocycles. The number of hydrogen-bond acceptors (Lipinski definition) is 4. The Morgan fingerprint density at radius 3 is 2.50 bits per heavy atom. The van der Waals surface area contributed by atoms with E-state index in [1.54, 1.807) is 0 Å². The summed E-state index contributed by atoms with van der Waals surface area (Å²) >= 11 is 0. The third kappa shape index (κ3) is 5.44. The Morgan fingerprint density at radius 1 is 0.967 bits per heavy atom. The van der Waals surface area contributed by atoms with Crippen molar-refractivity contribution in [2.45, 2.75) is 13.0 Å². The zero-order valence-corrected chi connectivity index (χ0v) is 16.2. The summed E-state index contributed by atoms with van der Waals surface area (Å²) < 4.78 is 34.3. The van der Waals surface area contributed by atoms with Crippen molar-refractivity contribution < 1.29 is 27.8 Å². The summed E-state index contributed by atoms with van der Waals surface area (Å²) in [5, 5.41) is 7.09. The number of halogens is 2. The van der Waals surface area contributed by atoms with Crippen molar-refractivity contribution in [2.75, 3.05) is 19.0 Å². The highest BCUT2D eigenvalue weighted by Gasteiger charge is 2.13. The molecule has 0 saturated heterocycles. The summed E-state index contributed by atoms with van der Waals surface area (Å²) in [7, 11) is 1.32. The predicted octanol–water partition coefficient (Wildman–Crippen LogP) is 3.75. The van der Waals surface area contributed by atoms with Crippen LogP contribution >= 0.6 is 0 Å². The first-order valence-electron chi connectivity index (χ1n) is 9.12. The molecule has 2 N–H and O–H groups in total. The Kier molecular flexibility index (Phi) is 6.79. The quantitative estimate of drug-likeness (QED) is 0.589. The van der Waals surface area contributed by atoms with Crippen molar-refractivity contribution in [3.05, 3.63) is 66.2 Å². The first-order chi connectivity index (χ1) is 14.5. The minimum atomic E-state index is -3.03. The fraction of sp³-hybridized carbons (Fsp3) is 0.182. The number of methoxy groups -OCH3 is 1. The van der Waals surface area contributed by atoms with Gasteiger partial charge in [0.1, 0.15) is 0 Å². The van der Waals surface area contributed by atoms with E-state index in [2.05, 4.69) is 15.4 Å². The van der Waals surface area contributed by atoms with Gasteiger partial charge < -0.3 is 20.1 Å². The fourth-order valence-corrected chi connectivity index (χ4v) is 3.01. The van der Waals surface area contributed by atoms with Crippen molar-refractivity contribution in [1.29, 1.82) is 0 Å². The maximum Gasteiger partial charge on any atom is 0.387 e. The van der Waals surface area contributed by atoms with Crippen LogP contribution < -0.4 is 20.1 Å². The van der Waals surface area contributed by atoms with E-state index in [0.717, 1.165) is 16.3 Å². The molecule has 0 aliphatic heterocycles. The average Bonchev–Trinajstić information content (AvgIpc) is 2.72. The molecule has 156 valence electrons. The van der Waals surface area contributed by atoms with Crippen LogP contribution in [-0.4, -0.2) is 32.1 Å². The lowest BCUT2D eigenvalue weighted by molar-refractivity contribution is -0.123. The van der Waals surface area contributed by atoms with Crippen molar-refractivity contribution in [1.82, 2.24) is 5.32 Å². The maximum absolute atomic E-state index is 12.5. The molecule has 0 unspecified atom stereocenters. The van der Waals surface area contributed by atoms with Gasteiger partial charge in [-0.3, -0.25) is 9.59 Å². The summed E-state index contributed by atoms with van der Waals surface area (Å²) in [5.41, 5.74) is 1.09. The van der Waals surface area contributed by atoms with Gasteiger partial charge in [-0.05, 0) is 28.5 Å². The van der Waals surface area contributed by atoms with E-state index < -0.39 is 12.5 Å². The number of carbonyl (C=O) groups excluding carboxylic acids is 2. The number of alkyl halides is 2. The number of amides is 2. The lowest BCUT2D eigenvalue weighted by atomic mass is 10.0. The van der Waals surface area contributed by atoms with Gasteiger partial charge in [0.05, 0.1) is 20.1 Å². The number of hydrogen-bond donors (Lipinski definition) is 2. The summed E-state index contributed by atoms with van der Waals surface area (Å²) in [5.74, 6) is -0.908. The summed E-state index contributed by atoms with van der Waals surface area (Å²) in [4.78, 5) is 24.4. The zero-order chi connectivity index (χ0) is 21.5. The summed E-state index contributed by atoms with van der Waals surface area (Å²) in [6.45, 7) is -3.29. The second-order valence-electron chi connectivity index (χ2n) is 6.38. The minimum Gasteiger partial charge on any atom is -0.493 e. The van der Waals surface area contributed by atoms with Crippen molar-refractivity contribution >= 4 is 28.3 Å². The van der Waals surface area contributed by atoms with Gasteiger partial charge in [-0.1, -0.05) is 42.5 Å². The number of carbonyl (C=O) groups is 2. The third-order valence-electron chi connectivity index (χ3n) is 4.34. The first kappa shape index (κ1) is 21.0. The molecule has 0 saturated carbocycles. The Hall–Kier alpha value is -3.68. The first-order valence-corrected chi connectivity index (χ1v) is 9.12. The van der Waals surface area contributed by atoms with Gasteiger partial charge in [-0.2, -0.15) is 8.78 Å². The van der Waals surface area contributed by atoms with Gasteiger partial charge in [0, 0.05) is 11.8 Å². The molecular formula is C22H20F2N2O4. The van der Waals surface area contributed by atoms with Gasteiger partial charge >= 0.3 is 6.61 Å². The van der Waals surface area contributed by atoms with E-state index in [1.165, 1.54) is 25.3 Å². The van der Waals surface area contributed by atoms with E-state index in [9.17, 15) is 18.4 Å². The van der Waals surface area contributed by atoms with Crippen LogP contribution in [0.25, 0.3) is 10.8 Å². The molecule has 0 spiro atoms. The van der Waals surface area contributed by atoms with Gasteiger partial charge in [0.2, 0.25) is 11.8 Å². The minimum absolute atomic E-state index is 0.108. The van der Waals surface area contributed by atoms with Gasteiger partial charge in [-0.15, -0.1) is 0 Å². The molecule has 3 rings (SSSR count). The average molecular weight is 414 g/mol. The molecule has 0 atom stereocenters. The Morgan fingerprint density at radius 2 is 1.73 bits per heavy atom. The van der Waals surface area contributed by atoms with Crippen LogP contribution in [0, 0.1) is 0 Å². The lowest BCUT2D eigenvalue weighted by Crippen LogP contribution is -2.33. The van der Waals surface area contributed by atoms with E-state index in [4.69, 9.17) is 4.74 Å². The third-order valence-corrected chi connectivity index (χ3v) is 4.34. The standard InChI is InChI=1S/C22H20F2N2O4/c1-29-18-10-9-16(12-19(18)30-22(23)24)26-21(28)13-25-20(27)11-15-7-4-6-14-5-2-3-8-17(14)15/h2-10,12,22H,11,13H2,1H3,(H,25,27)(H,26,28). The van der Waals surface area contributed by atoms with Crippen LogP contribution in [-0.2, 0) is 16.0 Å².